The Morgan fingerprint density at radius 3 is 2.41 bits per heavy atom. The molecule has 1 aliphatic carbocycles. The highest BCUT2D eigenvalue weighted by Gasteiger charge is 2.40. The van der Waals surface area contributed by atoms with E-state index < -0.39 is 0 Å². The molecule has 4 heteroatoms. The number of fused-ring (bicyclic) bond motifs is 2. The van der Waals surface area contributed by atoms with Gasteiger partial charge in [0.2, 0.25) is 0 Å². The third-order valence-electron chi connectivity index (χ3n) is 3.82. The van der Waals surface area contributed by atoms with Crippen molar-refractivity contribution in [3.63, 3.8) is 0 Å². The summed E-state index contributed by atoms with van der Waals surface area (Å²) in [6.07, 6.45) is 3.41. The molecule has 3 rings (SSSR count). The molecule has 1 saturated carbocycles. The number of aromatic hydroxyl groups is 2. The van der Waals surface area contributed by atoms with Gasteiger partial charge in [-0.25, -0.2) is 0 Å². The smallest absolute Gasteiger partial charge is 0.254 e. The summed E-state index contributed by atoms with van der Waals surface area (Å²) in [6.45, 7) is 0.819. The number of likely N-dealkylation sites (tertiary alicyclic amines) is 1. The van der Waals surface area contributed by atoms with Crippen LogP contribution in [0.4, 0.5) is 0 Å². The molecule has 2 fully saturated rings. The SMILES string of the molecule is O=C(c1cc(O)cc(O)c1)N1CC2CCC1C2. The number of amides is 1. The summed E-state index contributed by atoms with van der Waals surface area (Å²) < 4.78 is 0. The molecule has 0 aromatic heterocycles. The first-order valence-corrected chi connectivity index (χ1v) is 5.97. The maximum atomic E-state index is 12.2. The van der Waals surface area contributed by atoms with E-state index in [9.17, 15) is 15.0 Å². The second-order valence-electron chi connectivity index (χ2n) is 5.03. The van der Waals surface area contributed by atoms with E-state index in [1.807, 2.05) is 4.90 Å². The van der Waals surface area contributed by atoms with Crippen LogP contribution in [-0.2, 0) is 0 Å². The number of hydrogen-bond acceptors (Lipinski definition) is 3. The van der Waals surface area contributed by atoms with Crippen molar-refractivity contribution in [2.75, 3.05) is 6.54 Å². The lowest BCUT2D eigenvalue weighted by molar-refractivity contribution is 0.0703. The molecule has 90 valence electrons. The monoisotopic (exact) mass is 233 g/mol. The minimum Gasteiger partial charge on any atom is -0.508 e. The van der Waals surface area contributed by atoms with Crippen molar-refractivity contribution in [2.45, 2.75) is 25.3 Å². The number of phenols is 2. The van der Waals surface area contributed by atoms with Crippen LogP contribution in [0.5, 0.6) is 11.5 Å². The second kappa shape index (κ2) is 3.65. The minimum absolute atomic E-state index is 0.0716. The number of carbonyl (C=O) groups excluding carboxylic acids is 1. The van der Waals surface area contributed by atoms with Crippen molar-refractivity contribution in [2.24, 2.45) is 5.92 Å². The van der Waals surface area contributed by atoms with Crippen molar-refractivity contribution in [1.82, 2.24) is 4.90 Å². The average Bonchev–Trinajstić information content (AvgIpc) is 2.88. The standard InChI is InChI=1S/C13H15NO3/c15-11-4-9(5-12(16)6-11)13(17)14-7-8-1-2-10(14)3-8/h4-6,8,10,15-16H,1-3,7H2. The molecule has 1 amide bonds. The number of rotatable bonds is 1. The zero-order chi connectivity index (χ0) is 12.0. The van der Waals surface area contributed by atoms with E-state index in [2.05, 4.69) is 0 Å². The zero-order valence-electron chi connectivity index (χ0n) is 9.47. The highest BCUT2D eigenvalue weighted by Crippen LogP contribution is 2.38. The molecule has 0 radical (unpaired) electrons. The van der Waals surface area contributed by atoms with Gasteiger partial charge in [0, 0.05) is 24.2 Å². The molecular weight excluding hydrogens is 218 g/mol. The fourth-order valence-corrected chi connectivity index (χ4v) is 3.06. The van der Waals surface area contributed by atoms with Crippen LogP contribution in [0.15, 0.2) is 18.2 Å². The van der Waals surface area contributed by atoms with Gasteiger partial charge in [-0.1, -0.05) is 0 Å². The number of piperidine rings is 1. The van der Waals surface area contributed by atoms with Gasteiger partial charge in [-0.15, -0.1) is 0 Å². The fraction of sp³-hybridized carbons (Fsp3) is 0.462. The van der Waals surface area contributed by atoms with Gasteiger partial charge < -0.3 is 15.1 Å². The summed E-state index contributed by atoms with van der Waals surface area (Å²) in [4.78, 5) is 14.1. The van der Waals surface area contributed by atoms with Gasteiger partial charge >= 0.3 is 0 Å². The van der Waals surface area contributed by atoms with Crippen molar-refractivity contribution in [1.29, 1.82) is 0 Å². The van der Waals surface area contributed by atoms with Crippen LogP contribution in [-0.4, -0.2) is 33.6 Å². The summed E-state index contributed by atoms with van der Waals surface area (Å²) in [5, 5.41) is 18.8. The molecule has 4 nitrogen and oxygen atoms in total. The molecule has 1 aliphatic heterocycles. The Morgan fingerprint density at radius 2 is 1.88 bits per heavy atom. The van der Waals surface area contributed by atoms with Crippen LogP contribution in [0.25, 0.3) is 0 Å². The fourth-order valence-electron chi connectivity index (χ4n) is 3.06. The van der Waals surface area contributed by atoms with Crippen LogP contribution in [0, 0.1) is 5.92 Å². The Balaban J connectivity index is 1.86. The van der Waals surface area contributed by atoms with E-state index in [4.69, 9.17) is 0 Å². The van der Waals surface area contributed by atoms with Gasteiger partial charge in [0.05, 0.1) is 0 Å². The Labute approximate surface area is 99.5 Å². The molecule has 1 heterocycles. The number of carbonyl (C=O) groups is 1. The van der Waals surface area contributed by atoms with E-state index in [1.165, 1.54) is 24.6 Å². The maximum absolute atomic E-state index is 12.2. The third kappa shape index (κ3) is 1.73. The summed E-state index contributed by atoms with van der Waals surface area (Å²) in [6, 6.07) is 4.41. The summed E-state index contributed by atoms with van der Waals surface area (Å²) in [7, 11) is 0. The van der Waals surface area contributed by atoms with Gasteiger partial charge in [0.15, 0.2) is 0 Å². The predicted octanol–water partition coefficient (Wildman–Crippen LogP) is 1.72. The van der Waals surface area contributed by atoms with Crippen molar-refractivity contribution in [3.05, 3.63) is 23.8 Å². The molecule has 2 unspecified atom stereocenters. The van der Waals surface area contributed by atoms with Crippen molar-refractivity contribution in [3.8, 4) is 11.5 Å². The van der Waals surface area contributed by atoms with Crippen LogP contribution in [0.2, 0.25) is 0 Å². The average molecular weight is 233 g/mol. The van der Waals surface area contributed by atoms with E-state index in [-0.39, 0.29) is 17.4 Å². The van der Waals surface area contributed by atoms with Gasteiger partial charge in [-0.2, -0.15) is 0 Å². The molecular formula is C13H15NO3. The Kier molecular flexibility index (Phi) is 2.24. The van der Waals surface area contributed by atoms with E-state index >= 15 is 0 Å². The molecule has 1 aromatic rings. The largest absolute Gasteiger partial charge is 0.508 e. The number of nitrogens with zero attached hydrogens (tertiary/aromatic N) is 1. The number of phenolic OH excluding ortho intramolecular Hbond substituents is 2. The molecule has 2 bridgehead atoms. The van der Waals surface area contributed by atoms with Crippen molar-refractivity contribution >= 4 is 5.91 Å². The molecule has 1 saturated heterocycles. The van der Waals surface area contributed by atoms with E-state index in [0.717, 1.165) is 19.4 Å². The third-order valence-corrected chi connectivity index (χ3v) is 3.82. The Bertz CT molecular complexity index is 451. The number of hydrogen-bond donors (Lipinski definition) is 2. The summed E-state index contributed by atoms with van der Waals surface area (Å²) >= 11 is 0. The molecule has 2 atom stereocenters. The maximum Gasteiger partial charge on any atom is 0.254 e. The van der Waals surface area contributed by atoms with Crippen LogP contribution < -0.4 is 0 Å². The first-order chi connectivity index (χ1) is 8.13. The predicted molar refractivity (Wildman–Crippen MR) is 61.9 cm³/mol. The zero-order valence-corrected chi connectivity index (χ0v) is 9.47. The molecule has 2 N–H and O–H groups in total. The van der Waals surface area contributed by atoms with Crippen LogP contribution in [0.3, 0.4) is 0 Å². The topological polar surface area (TPSA) is 60.8 Å². The van der Waals surface area contributed by atoms with Crippen LogP contribution >= 0.6 is 0 Å². The lowest BCUT2D eigenvalue weighted by atomic mass is 10.1. The molecule has 17 heavy (non-hydrogen) atoms. The van der Waals surface area contributed by atoms with Gasteiger partial charge in [0.1, 0.15) is 11.5 Å². The Morgan fingerprint density at radius 1 is 1.18 bits per heavy atom. The summed E-state index contributed by atoms with van der Waals surface area (Å²) in [5.74, 6) is 0.425. The highest BCUT2D eigenvalue weighted by atomic mass is 16.3. The number of benzene rings is 1. The summed E-state index contributed by atoms with van der Waals surface area (Å²) in [5.41, 5.74) is 0.370. The molecule has 0 spiro atoms. The lowest BCUT2D eigenvalue weighted by Crippen LogP contribution is -2.37. The van der Waals surface area contributed by atoms with Gasteiger partial charge in [-0.05, 0) is 37.3 Å². The second-order valence-corrected chi connectivity index (χ2v) is 5.03. The van der Waals surface area contributed by atoms with Crippen molar-refractivity contribution < 1.29 is 15.0 Å². The Hall–Kier alpha value is -1.71. The van der Waals surface area contributed by atoms with E-state index in [1.54, 1.807) is 0 Å². The van der Waals surface area contributed by atoms with Crippen LogP contribution in [0.1, 0.15) is 29.6 Å². The molecule has 1 aromatic carbocycles. The lowest BCUT2D eigenvalue weighted by Gasteiger charge is -2.27. The quantitative estimate of drug-likeness (QED) is 0.776. The first-order valence-electron chi connectivity index (χ1n) is 5.97. The highest BCUT2D eigenvalue weighted by molar-refractivity contribution is 5.95. The van der Waals surface area contributed by atoms with E-state index in [0.29, 0.717) is 17.5 Å². The molecule has 2 aliphatic rings. The van der Waals surface area contributed by atoms with Gasteiger partial charge in [-0.3, -0.25) is 4.79 Å². The normalized spacial score (nSPS) is 26.5. The first kappa shape index (κ1) is 10.4. The minimum atomic E-state index is -0.0802. The van der Waals surface area contributed by atoms with Gasteiger partial charge in [0.25, 0.3) is 5.91 Å².